The highest BCUT2D eigenvalue weighted by Crippen LogP contribution is 2.18. The van der Waals surface area contributed by atoms with E-state index in [2.05, 4.69) is 4.74 Å². The minimum Gasteiger partial charge on any atom is -0.481 e. The molecule has 0 radical (unpaired) electrons. The predicted octanol–water partition coefficient (Wildman–Crippen LogP) is -0.127. The molecule has 0 aromatic heterocycles. The molecule has 1 fully saturated rings. The van der Waals surface area contributed by atoms with Crippen LogP contribution in [0.5, 0.6) is 0 Å². The van der Waals surface area contributed by atoms with Crippen LogP contribution in [0.15, 0.2) is 0 Å². The van der Waals surface area contributed by atoms with Crippen LogP contribution in [0, 0.1) is 5.92 Å². The molecule has 1 amide bonds. The van der Waals surface area contributed by atoms with Gasteiger partial charge in [0.1, 0.15) is 6.42 Å². The number of carboxylic acid groups (broad SMARTS) is 1. The molecule has 1 N–H and O–H groups in total. The number of aliphatic carboxylic acids is 1. The number of carboxylic acids is 1. The Morgan fingerprint density at radius 3 is 2.69 bits per heavy atom. The first-order valence-corrected chi connectivity index (χ1v) is 5.12. The van der Waals surface area contributed by atoms with E-state index in [0.717, 1.165) is 0 Å². The highest BCUT2D eigenvalue weighted by molar-refractivity contribution is 5.93. The van der Waals surface area contributed by atoms with Gasteiger partial charge in [0.25, 0.3) is 0 Å². The first kappa shape index (κ1) is 12.5. The fraction of sp³-hybridized carbons (Fsp3) is 0.700. The van der Waals surface area contributed by atoms with Gasteiger partial charge in [-0.05, 0) is 12.8 Å². The maximum Gasteiger partial charge on any atom is 0.312 e. The standard InChI is InChI=1S/C10H15NO5/c1-16-10(15)7-3-2-4-11(6-7)8(12)5-9(13)14/h7H,2-6H2,1H3,(H,13,14). The summed E-state index contributed by atoms with van der Waals surface area (Å²) < 4.78 is 4.61. The Kier molecular flexibility index (Phi) is 4.28. The van der Waals surface area contributed by atoms with Crippen LogP contribution in [0.4, 0.5) is 0 Å². The molecule has 1 aliphatic rings. The molecule has 0 aliphatic carbocycles. The van der Waals surface area contributed by atoms with Gasteiger partial charge in [-0.25, -0.2) is 0 Å². The molecular weight excluding hydrogens is 214 g/mol. The van der Waals surface area contributed by atoms with Crippen LogP contribution in [-0.4, -0.2) is 48.1 Å². The van der Waals surface area contributed by atoms with Gasteiger partial charge in [-0.2, -0.15) is 0 Å². The fourth-order valence-corrected chi connectivity index (χ4v) is 1.80. The van der Waals surface area contributed by atoms with Gasteiger partial charge >= 0.3 is 11.9 Å². The highest BCUT2D eigenvalue weighted by Gasteiger charge is 2.29. The van der Waals surface area contributed by atoms with Crippen molar-refractivity contribution in [1.29, 1.82) is 0 Å². The van der Waals surface area contributed by atoms with E-state index < -0.39 is 18.3 Å². The van der Waals surface area contributed by atoms with Crippen molar-refractivity contribution in [3.63, 3.8) is 0 Å². The Hall–Kier alpha value is -1.59. The normalized spacial score (nSPS) is 20.3. The lowest BCUT2D eigenvalue weighted by Crippen LogP contribution is -2.43. The van der Waals surface area contributed by atoms with Gasteiger partial charge in [-0.1, -0.05) is 0 Å². The summed E-state index contributed by atoms with van der Waals surface area (Å²) >= 11 is 0. The molecule has 1 unspecified atom stereocenters. The van der Waals surface area contributed by atoms with E-state index in [1.165, 1.54) is 12.0 Å². The maximum absolute atomic E-state index is 11.5. The van der Waals surface area contributed by atoms with Crippen molar-refractivity contribution >= 4 is 17.8 Å². The number of piperidine rings is 1. The summed E-state index contributed by atoms with van der Waals surface area (Å²) in [6.45, 7) is 0.776. The van der Waals surface area contributed by atoms with E-state index in [9.17, 15) is 14.4 Å². The zero-order chi connectivity index (χ0) is 12.1. The summed E-state index contributed by atoms with van der Waals surface area (Å²) in [5.41, 5.74) is 0. The molecule has 0 spiro atoms. The number of likely N-dealkylation sites (tertiary alicyclic amines) is 1. The van der Waals surface area contributed by atoms with Crippen LogP contribution < -0.4 is 0 Å². The third kappa shape index (κ3) is 3.22. The minimum absolute atomic E-state index is 0.263. The largest absolute Gasteiger partial charge is 0.481 e. The topological polar surface area (TPSA) is 83.9 Å². The number of ether oxygens (including phenoxy) is 1. The van der Waals surface area contributed by atoms with E-state index in [1.54, 1.807) is 0 Å². The van der Waals surface area contributed by atoms with Gasteiger partial charge < -0.3 is 14.7 Å². The number of hydrogen-bond donors (Lipinski definition) is 1. The summed E-state index contributed by atoms with van der Waals surface area (Å²) in [5.74, 6) is -2.25. The fourth-order valence-electron chi connectivity index (χ4n) is 1.80. The average molecular weight is 229 g/mol. The molecule has 16 heavy (non-hydrogen) atoms. The van der Waals surface area contributed by atoms with Gasteiger partial charge in [0.05, 0.1) is 13.0 Å². The SMILES string of the molecule is COC(=O)C1CCCN(C(=O)CC(=O)O)C1. The van der Waals surface area contributed by atoms with E-state index in [0.29, 0.717) is 19.4 Å². The molecule has 1 heterocycles. The Balaban J connectivity index is 2.53. The molecule has 1 saturated heterocycles. The van der Waals surface area contributed by atoms with Gasteiger partial charge in [-0.3, -0.25) is 14.4 Å². The zero-order valence-electron chi connectivity index (χ0n) is 9.14. The first-order chi connectivity index (χ1) is 7.54. The lowest BCUT2D eigenvalue weighted by Gasteiger charge is -2.30. The van der Waals surface area contributed by atoms with E-state index >= 15 is 0 Å². The number of carbonyl (C=O) groups is 3. The van der Waals surface area contributed by atoms with Crippen molar-refractivity contribution in [2.45, 2.75) is 19.3 Å². The second-order valence-electron chi connectivity index (χ2n) is 3.77. The van der Waals surface area contributed by atoms with Crippen LogP contribution in [0.2, 0.25) is 0 Å². The van der Waals surface area contributed by atoms with Crippen LogP contribution in [-0.2, 0) is 19.1 Å². The molecular formula is C10H15NO5. The zero-order valence-corrected chi connectivity index (χ0v) is 9.14. The van der Waals surface area contributed by atoms with Gasteiger partial charge in [0, 0.05) is 13.1 Å². The predicted molar refractivity (Wildman–Crippen MR) is 53.6 cm³/mol. The number of methoxy groups -OCH3 is 1. The Labute approximate surface area is 93.2 Å². The second kappa shape index (κ2) is 5.48. The van der Waals surface area contributed by atoms with E-state index in [-0.39, 0.29) is 18.4 Å². The van der Waals surface area contributed by atoms with Crippen LogP contribution in [0.25, 0.3) is 0 Å². The maximum atomic E-state index is 11.5. The summed E-state index contributed by atoms with van der Waals surface area (Å²) in [7, 11) is 1.31. The van der Waals surface area contributed by atoms with Crippen LogP contribution >= 0.6 is 0 Å². The molecule has 1 rings (SSSR count). The van der Waals surface area contributed by atoms with Crippen molar-refractivity contribution in [1.82, 2.24) is 4.90 Å². The monoisotopic (exact) mass is 229 g/mol. The third-order valence-corrected chi connectivity index (χ3v) is 2.61. The summed E-state index contributed by atoms with van der Waals surface area (Å²) in [5, 5.41) is 8.50. The summed E-state index contributed by atoms with van der Waals surface area (Å²) in [4.78, 5) is 34.5. The average Bonchev–Trinajstić information content (AvgIpc) is 2.27. The van der Waals surface area contributed by atoms with Crippen LogP contribution in [0.1, 0.15) is 19.3 Å². The number of rotatable bonds is 3. The van der Waals surface area contributed by atoms with Gasteiger partial charge in [0.15, 0.2) is 0 Å². The number of nitrogens with zero attached hydrogens (tertiary/aromatic N) is 1. The number of esters is 1. The number of hydrogen-bond acceptors (Lipinski definition) is 4. The molecule has 1 atom stereocenters. The molecule has 6 nitrogen and oxygen atoms in total. The Bertz CT molecular complexity index is 302. The van der Waals surface area contributed by atoms with Crippen molar-refractivity contribution < 1.29 is 24.2 Å². The van der Waals surface area contributed by atoms with Gasteiger partial charge in [-0.15, -0.1) is 0 Å². The van der Waals surface area contributed by atoms with Crippen molar-refractivity contribution in [2.75, 3.05) is 20.2 Å². The molecule has 0 aromatic carbocycles. The van der Waals surface area contributed by atoms with Crippen LogP contribution in [0.3, 0.4) is 0 Å². The van der Waals surface area contributed by atoms with E-state index in [4.69, 9.17) is 5.11 Å². The number of carbonyl (C=O) groups excluding carboxylic acids is 2. The lowest BCUT2D eigenvalue weighted by molar-refractivity contribution is -0.150. The molecule has 90 valence electrons. The van der Waals surface area contributed by atoms with Crippen molar-refractivity contribution in [2.24, 2.45) is 5.92 Å². The minimum atomic E-state index is -1.15. The van der Waals surface area contributed by atoms with Crippen molar-refractivity contribution in [3.05, 3.63) is 0 Å². The Morgan fingerprint density at radius 2 is 2.12 bits per heavy atom. The molecule has 6 heteroatoms. The lowest BCUT2D eigenvalue weighted by atomic mass is 9.98. The molecule has 1 aliphatic heterocycles. The molecule has 0 aromatic rings. The molecule has 0 bridgehead atoms. The first-order valence-electron chi connectivity index (χ1n) is 5.12. The quantitative estimate of drug-likeness (QED) is 0.538. The van der Waals surface area contributed by atoms with Crippen molar-refractivity contribution in [3.8, 4) is 0 Å². The number of amides is 1. The molecule has 0 saturated carbocycles. The Morgan fingerprint density at radius 1 is 1.44 bits per heavy atom. The summed E-state index contributed by atoms with van der Waals surface area (Å²) in [6, 6.07) is 0. The highest BCUT2D eigenvalue weighted by atomic mass is 16.5. The second-order valence-corrected chi connectivity index (χ2v) is 3.77. The van der Waals surface area contributed by atoms with E-state index in [1.807, 2.05) is 0 Å². The summed E-state index contributed by atoms with van der Waals surface area (Å²) in [6.07, 6.45) is 0.864. The van der Waals surface area contributed by atoms with Gasteiger partial charge in [0.2, 0.25) is 5.91 Å². The smallest absolute Gasteiger partial charge is 0.312 e. The third-order valence-electron chi connectivity index (χ3n) is 2.61.